The average Bonchev–Trinajstić information content (AvgIpc) is 2.78. The van der Waals surface area contributed by atoms with E-state index in [1.54, 1.807) is 18.7 Å². The Morgan fingerprint density at radius 3 is 2.65 bits per heavy atom. The second kappa shape index (κ2) is 4.21. The Morgan fingerprint density at radius 1 is 1.47 bits per heavy atom. The topological polar surface area (TPSA) is 72.9 Å². The molecule has 1 amide bonds. The van der Waals surface area contributed by atoms with Crippen molar-refractivity contribution in [1.29, 1.82) is 0 Å². The highest BCUT2D eigenvalue weighted by atomic mass is 32.1. The maximum absolute atomic E-state index is 12.0. The number of hydrogen-bond acceptors (Lipinski definition) is 4. The summed E-state index contributed by atoms with van der Waals surface area (Å²) in [7, 11) is 1.75. The molecule has 0 aliphatic rings. The predicted octanol–water partition coefficient (Wildman–Crippen LogP) is 1.93. The molecule has 0 spiro atoms. The Kier molecular flexibility index (Phi) is 2.89. The number of rotatable bonds is 2. The molecule has 2 heterocycles. The third-order valence-corrected chi connectivity index (χ3v) is 3.46. The van der Waals surface area contributed by atoms with E-state index >= 15 is 0 Å². The van der Waals surface area contributed by atoms with Gasteiger partial charge in [0.25, 0.3) is 5.91 Å². The normalized spacial score (nSPS) is 10.5. The molecule has 0 saturated carbocycles. The van der Waals surface area contributed by atoms with Crippen LogP contribution in [0, 0.1) is 13.8 Å². The van der Waals surface area contributed by atoms with Gasteiger partial charge in [-0.1, -0.05) is 0 Å². The zero-order chi connectivity index (χ0) is 12.6. The maximum atomic E-state index is 12.0. The molecular formula is C11H14N4OS. The number of thiophene rings is 1. The summed E-state index contributed by atoms with van der Waals surface area (Å²) in [5.74, 6) is 0.386. The molecule has 0 fully saturated rings. The number of nitrogens with one attached hydrogen (secondary N) is 1. The van der Waals surface area contributed by atoms with Gasteiger partial charge in [0.15, 0.2) is 5.82 Å². The molecule has 6 heteroatoms. The predicted molar refractivity (Wildman–Crippen MR) is 69.4 cm³/mol. The fourth-order valence-electron chi connectivity index (χ4n) is 1.59. The fraction of sp³-hybridized carbons (Fsp3) is 0.273. The third-order valence-electron chi connectivity index (χ3n) is 2.60. The van der Waals surface area contributed by atoms with Gasteiger partial charge in [-0.15, -0.1) is 0 Å². The molecule has 0 aliphatic heterocycles. The van der Waals surface area contributed by atoms with E-state index in [1.807, 2.05) is 17.7 Å². The Bertz CT molecular complexity index is 570. The van der Waals surface area contributed by atoms with Crippen molar-refractivity contribution in [2.24, 2.45) is 7.05 Å². The molecule has 0 atom stereocenters. The monoisotopic (exact) mass is 250 g/mol. The largest absolute Gasteiger partial charge is 0.394 e. The van der Waals surface area contributed by atoms with Crippen LogP contribution in [0.1, 0.15) is 21.6 Å². The molecule has 3 N–H and O–H groups in total. The van der Waals surface area contributed by atoms with Crippen molar-refractivity contribution in [3.05, 3.63) is 27.6 Å². The van der Waals surface area contributed by atoms with Gasteiger partial charge in [-0.25, -0.2) is 0 Å². The van der Waals surface area contributed by atoms with E-state index in [0.29, 0.717) is 22.8 Å². The van der Waals surface area contributed by atoms with Crippen LogP contribution in [0.25, 0.3) is 0 Å². The summed E-state index contributed by atoms with van der Waals surface area (Å²) in [5, 5.41) is 10.7. The second-order valence-corrected chi connectivity index (χ2v) is 4.64. The van der Waals surface area contributed by atoms with E-state index in [1.165, 1.54) is 11.3 Å². The quantitative estimate of drug-likeness (QED) is 0.855. The van der Waals surface area contributed by atoms with Crippen molar-refractivity contribution < 1.29 is 4.79 Å². The van der Waals surface area contributed by atoms with Gasteiger partial charge in [-0.2, -0.15) is 16.4 Å². The van der Waals surface area contributed by atoms with Crippen LogP contribution in [0.2, 0.25) is 0 Å². The first-order valence-corrected chi connectivity index (χ1v) is 6.08. The first-order chi connectivity index (χ1) is 8.00. The van der Waals surface area contributed by atoms with Gasteiger partial charge in [0.2, 0.25) is 0 Å². The van der Waals surface area contributed by atoms with Gasteiger partial charge in [-0.05, 0) is 24.8 Å². The van der Waals surface area contributed by atoms with Crippen molar-refractivity contribution in [2.45, 2.75) is 13.8 Å². The zero-order valence-corrected chi connectivity index (χ0v) is 10.8. The van der Waals surface area contributed by atoms with Crippen LogP contribution < -0.4 is 11.1 Å². The van der Waals surface area contributed by atoms with Gasteiger partial charge in [-0.3, -0.25) is 9.48 Å². The molecule has 0 aromatic carbocycles. The van der Waals surface area contributed by atoms with Crippen LogP contribution in [-0.4, -0.2) is 15.7 Å². The van der Waals surface area contributed by atoms with Gasteiger partial charge in [0, 0.05) is 12.4 Å². The summed E-state index contributed by atoms with van der Waals surface area (Å²) < 4.78 is 1.57. The smallest absolute Gasteiger partial charge is 0.257 e. The highest BCUT2D eigenvalue weighted by molar-refractivity contribution is 7.08. The van der Waals surface area contributed by atoms with Gasteiger partial charge in [0.1, 0.15) is 0 Å². The summed E-state index contributed by atoms with van der Waals surface area (Å²) in [6.07, 6.45) is 0. The third kappa shape index (κ3) is 2.03. The molecular weight excluding hydrogens is 236 g/mol. The van der Waals surface area contributed by atoms with Crippen LogP contribution in [0.4, 0.5) is 11.5 Å². The number of hydrogen-bond donors (Lipinski definition) is 2. The highest BCUT2D eigenvalue weighted by Gasteiger charge is 2.15. The van der Waals surface area contributed by atoms with Crippen LogP contribution in [0.5, 0.6) is 0 Å². The number of nitrogen functional groups attached to an aromatic ring is 1. The molecule has 0 radical (unpaired) electrons. The molecule has 5 nitrogen and oxygen atoms in total. The van der Waals surface area contributed by atoms with Crippen LogP contribution >= 0.6 is 11.3 Å². The average molecular weight is 250 g/mol. The fourth-order valence-corrected chi connectivity index (χ4v) is 2.42. The lowest BCUT2D eigenvalue weighted by molar-refractivity contribution is 0.102. The SMILES string of the molecule is Cc1cscc1C(=O)Nc1c(N)c(C)nn1C. The van der Waals surface area contributed by atoms with Crippen molar-refractivity contribution in [3.8, 4) is 0 Å². The van der Waals surface area contributed by atoms with Gasteiger partial charge < -0.3 is 11.1 Å². The number of anilines is 2. The van der Waals surface area contributed by atoms with E-state index in [-0.39, 0.29) is 5.91 Å². The molecule has 2 aromatic rings. The first kappa shape index (κ1) is 11.7. The Morgan fingerprint density at radius 2 is 2.18 bits per heavy atom. The Hall–Kier alpha value is -1.82. The minimum absolute atomic E-state index is 0.154. The first-order valence-electron chi connectivity index (χ1n) is 5.14. The molecule has 17 heavy (non-hydrogen) atoms. The second-order valence-electron chi connectivity index (χ2n) is 3.89. The van der Waals surface area contributed by atoms with E-state index in [4.69, 9.17) is 5.73 Å². The van der Waals surface area contributed by atoms with Gasteiger partial charge >= 0.3 is 0 Å². The number of amides is 1. The molecule has 0 saturated heterocycles. The van der Waals surface area contributed by atoms with Crippen molar-refractivity contribution in [2.75, 3.05) is 11.1 Å². The standard InChI is InChI=1S/C11H14N4OS/c1-6-4-17-5-8(6)11(16)13-10-9(12)7(2)14-15(10)3/h4-5H,12H2,1-3H3,(H,13,16). The number of carbonyl (C=O) groups excluding carboxylic acids is 1. The number of aryl methyl sites for hydroxylation is 3. The minimum atomic E-state index is -0.154. The summed E-state index contributed by atoms with van der Waals surface area (Å²) in [6.45, 7) is 3.71. The highest BCUT2D eigenvalue weighted by Crippen LogP contribution is 2.22. The van der Waals surface area contributed by atoms with Gasteiger partial charge in [0.05, 0.1) is 16.9 Å². The summed E-state index contributed by atoms with van der Waals surface area (Å²) >= 11 is 1.50. The van der Waals surface area contributed by atoms with Crippen molar-refractivity contribution in [3.63, 3.8) is 0 Å². The Balaban J connectivity index is 2.28. The lowest BCUT2D eigenvalue weighted by Gasteiger charge is -2.06. The van der Waals surface area contributed by atoms with Crippen LogP contribution in [-0.2, 0) is 7.05 Å². The van der Waals surface area contributed by atoms with E-state index in [0.717, 1.165) is 5.56 Å². The summed E-state index contributed by atoms with van der Waals surface area (Å²) in [4.78, 5) is 12.0. The summed E-state index contributed by atoms with van der Waals surface area (Å²) in [6, 6.07) is 0. The van der Waals surface area contributed by atoms with Crippen LogP contribution in [0.15, 0.2) is 10.8 Å². The van der Waals surface area contributed by atoms with E-state index in [2.05, 4.69) is 10.4 Å². The minimum Gasteiger partial charge on any atom is -0.394 e. The number of aromatic nitrogens is 2. The summed E-state index contributed by atoms with van der Waals surface area (Å²) in [5.41, 5.74) is 8.71. The Labute approximate surface area is 103 Å². The molecule has 90 valence electrons. The van der Waals surface area contributed by atoms with Crippen LogP contribution in [0.3, 0.4) is 0 Å². The van der Waals surface area contributed by atoms with E-state index < -0.39 is 0 Å². The maximum Gasteiger partial charge on any atom is 0.257 e. The van der Waals surface area contributed by atoms with Crippen molar-refractivity contribution in [1.82, 2.24) is 9.78 Å². The molecule has 2 rings (SSSR count). The molecule has 2 aromatic heterocycles. The molecule has 0 aliphatic carbocycles. The lowest BCUT2D eigenvalue weighted by atomic mass is 10.2. The zero-order valence-electron chi connectivity index (χ0n) is 9.94. The molecule has 0 bridgehead atoms. The number of nitrogens with two attached hydrogens (primary N) is 1. The molecule has 0 unspecified atom stereocenters. The van der Waals surface area contributed by atoms with Crippen molar-refractivity contribution >= 4 is 28.7 Å². The van der Waals surface area contributed by atoms with E-state index in [9.17, 15) is 4.79 Å². The number of carbonyl (C=O) groups is 1. The lowest BCUT2D eigenvalue weighted by Crippen LogP contribution is -2.15. The number of nitrogens with zero attached hydrogens (tertiary/aromatic N) is 2.